The summed E-state index contributed by atoms with van der Waals surface area (Å²) in [5.41, 5.74) is 6.36. The molecule has 9 nitrogen and oxygen atoms in total. The highest BCUT2D eigenvalue weighted by molar-refractivity contribution is 5.84. The first-order valence-electron chi connectivity index (χ1n) is 15.3. The fraction of sp³-hybridized carbons (Fsp3) is 0.324. The zero-order valence-corrected chi connectivity index (χ0v) is 24.3. The fourth-order valence-electron chi connectivity index (χ4n) is 6.19. The van der Waals surface area contributed by atoms with Crippen molar-refractivity contribution in [3.8, 4) is 0 Å². The van der Waals surface area contributed by atoms with Crippen LogP contribution in [-0.4, -0.2) is 76.8 Å². The Morgan fingerprint density at radius 1 is 0.814 bits per heavy atom. The van der Waals surface area contributed by atoms with Crippen molar-refractivity contribution < 1.29 is 4.74 Å². The van der Waals surface area contributed by atoms with Crippen LogP contribution in [0.1, 0.15) is 29.9 Å². The second-order valence-electron chi connectivity index (χ2n) is 11.4. The van der Waals surface area contributed by atoms with E-state index in [1.54, 1.807) is 6.33 Å². The van der Waals surface area contributed by atoms with Gasteiger partial charge in [0.2, 0.25) is 5.95 Å². The number of likely N-dealkylation sites (tertiary alicyclic amines) is 1. The third-order valence-electron chi connectivity index (χ3n) is 8.56. The molecular weight excluding hydrogens is 536 g/mol. The SMILES string of the molecule is c1ccc(C(CN2CCC(Nc3nc(Nc4ccc(N5CCOCC5)cc4)nc4nc[nH]c34)CC2)c2ccccc2)cc1. The number of ether oxygens (including phenoxy) is 1. The number of nitrogens with one attached hydrogen (secondary N) is 3. The number of benzene rings is 3. The monoisotopic (exact) mass is 574 g/mol. The summed E-state index contributed by atoms with van der Waals surface area (Å²) in [7, 11) is 0. The van der Waals surface area contributed by atoms with Crippen LogP contribution in [0.4, 0.5) is 23.1 Å². The van der Waals surface area contributed by atoms with Gasteiger partial charge in [0.05, 0.1) is 19.5 Å². The van der Waals surface area contributed by atoms with Crippen LogP contribution in [0.2, 0.25) is 0 Å². The smallest absolute Gasteiger partial charge is 0.231 e. The number of imidazole rings is 1. The molecule has 0 saturated carbocycles. The minimum atomic E-state index is 0.324. The number of rotatable bonds is 9. The van der Waals surface area contributed by atoms with Crippen molar-refractivity contribution in [1.82, 2.24) is 24.8 Å². The predicted molar refractivity (Wildman–Crippen MR) is 172 cm³/mol. The molecule has 7 rings (SSSR count). The Labute approximate surface area is 252 Å². The number of hydrogen-bond acceptors (Lipinski definition) is 8. The minimum Gasteiger partial charge on any atom is -0.378 e. The van der Waals surface area contributed by atoms with Crippen LogP contribution in [0.25, 0.3) is 11.2 Å². The van der Waals surface area contributed by atoms with Gasteiger partial charge in [-0.3, -0.25) is 0 Å². The summed E-state index contributed by atoms with van der Waals surface area (Å²) >= 11 is 0. The standard InChI is InChI=1S/C34H38N8O/c1-3-7-25(8-4-1)30(26-9-5-2-6-10-26)23-41-17-15-28(16-18-41)37-33-31-32(36-24-35-31)39-34(40-33)38-27-11-13-29(14-12-27)42-19-21-43-22-20-42/h1-14,24,28,30H,15-23H2,(H3,35,36,37,38,39,40). The lowest BCUT2D eigenvalue weighted by molar-refractivity contribution is 0.122. The van der Waals surface area contributed by atoms with Crippen molar-refractivity contribution in [3.63, 3.8) is 0 Å². The Balaban J connectivity index is 1.00. The van der Waals surface area contributed by atoms with Crippen molar-refractivity contribution in [2.24, 2.45) is 0 Å². The van der Waals surface area contributed by atoms with Gasteiger partial charge >= 0.3 is 0 Å². The molecule has 0 atom stereocenters. The molecule has 3 N–H and O–H groups in total. The Morgan fingerprint density at radius 3 is 2.16 bits per heavy atom. The number of fused-ring (bicyclic) bond motifs is 1. The van der Waals surface area contributed by atoms with Crippen LogP contribution in [0.5, 0.6) is 0 Å². The molecule has 2 saturated heterocycles. The van der Waals surface area contributed by atoms with E-state index in [-0.39, 0.29) is 0 Å². The lowest BCUT2D eigenvalue weighted by Gasteiger charge is -2.35. The lowest BCUT2D eigenvalue weighted by Crippen LogP contribution is -2.41. The molecule has 5 aromatic rings. The van der Waals surface area contributed by atoms with E-state index >= 15 is 0 Å². The second kappa shape index (κ2) is 12.8. The van der Waals surface area contributed by atoms with Crippen molar-refractivity contribution >= 4 is 34.3 Å². The van der Waals surface area contributed by atoms with Gasteiger partial charge in [-0.2, -0.15) is 9.97 Å². The predicted octanol–water partition coefficient (Wildman–Crippen LogP) is 5.64. The summed E-state index contributed by atoms with van der Waals surface area (Å²) in [4.78, 5) is 22.1. The average molecular weight is 575 g/mol. The van der Waals surface area contributed by atoms with Gasteiger partial charge < -0.3 is 30.2 Å². The largest absolute Gasteiger partial charge is 0.378 e. The van der Waals surface area contributed by atoms with Crippen molar-refractivity contribution in [2.45, 2.75) is 24.8 Å². The molecule has 43 heavy (non-hydrogen) atoms. The molecule has 0 bridgehead atoms. The zero-order valence-electron chi connectivity index (χ0n) is 24.3. The molecule has 2 aliphatic rings. The number of H-pyrrole nitrogens is 1. The highest BCUT2D eigenvalue weighted by Crippen LogP contribution is 2.29. The Bertz CT molecular complexity index is 1560. The number of morpholine rings is 1. The van der Waals surface area contributed by atoms with E-state index in [2.05, 4.69) is 120 Å². The Kier molecular flexibility index (Phi) is 8.15. The van der Waals surface area contributed by atoms with Gasteiger partial charge in [0.15, 0.2) is 11.5 Å². The number of anilines is 4. The average Bonchev–Trinajstić information content (AvgIpc) is 3.55. The van der Waals surface area contributed by atoms with E-state index in [0.717, 1.165) is 75.8 Å². The molecule has 0 amide bonds. The molecule has 0 aliphatic carbocycles. The third kappa shape index (κ3) is 6.48. The molecule has 2 aromatic heterocycles. The van der Waals surface area contributed by atoms with Crippen molar-refractivity contribution in [1.29, 1.82) is 0 Å². The van der Waals surface area contributed by atoms with Crippen LogP contribution < -0.4 is 15.5 Å². The molecule has 0 unspecified atom stereocenters. The molecule has 2 aliphatic heterocycles. The van der Waals surface area contributed by atoms with Gasteiger partial charge in [-0.15, -0.1) is 0 Å². The zero-order chi connectivity index (χ0) is 28.8. The molecular formula is C34H38N8O. The third-order valence-corrected chi connectivity index (χ3v) is 8.56. The maximum Gasteiger partial charge on any atom is 0.231 e. The fourth-order valence-corrected chi connectivity index (χ4v) is 6.19. The second-order valence-corrected chi connectivity index (χ2v) is 11.4. The molecule has 0 radical (unpaired) electrons. The van der Waals surface area contributed by atoms with E-state index in [9.17, 15) is 0 Å². The number of hydrogen-bond donors (Lipinski definition) is 3. The van der Waals surface area contributed by atoms with E-state index in [0.29, 0.717) is 23.6 Å². The summed E-state index contributed by atoms with van der Waals surface area (Å²) < 4.78 is 5.48. The first-order chi connectivity index (χ1) is 21.3. The summed E-state index contributed by atoms with van der Waals surface area (Å²) in [6.07, 6.45) is 3.77. The van der Waals surface area contributed by atoms with E-state index in [4.69, 9.17) is 9.72 Å². The summed E-state index contributed by atoms with van der Waals surface area (Å²) in [5.74, 6) is 1.68. The Morgan fingerprint density at radius 2 is 1.49 bits per heavy atom. The molecule has 220 valence electrons. The number of piperidine rings is 1. The summed E-state index contributed by atoms with van der Waals surface area (Å²) in [5, 5.41) is 7.10. The maximum atomic E-state index is 5.48. The molecule has 3 aromatic carbocycles. The quantitative estimate of drug-likeness (QED) is 0.208. The highest BCUT2D eigenvalue weighted by atomic mass is 16.5. The summed E-state index contributed by atoms with van der Waals surface area (Å²) in [6, 6.07) is 30.5. The van der Waals surface area contributed by atoms with E-state index in [1.165, 1.54) is 16.8 Å². The molecule has 0 spiro atoms. The van der Waals surface area contributed by atoms with Gasteiger partial charge in [-0.1, -0.05) is 60.7 Å². The van der Waals surface area contributed by atoms with Gasteiger partial charge in [-0.25, -0.2) is 4.98 Å². The molecule has 4 heterocycles. The van der Waals surface area contributed by atoms with Crippen LogP contribution in [0.3, 0.4) is 0 Å². The molecule has 2 fully saturated rings. The maximum absolute atomic E-state index is 5.48. The lowest BCUT2D eigenvalue weighted by atomic mass is 9.90. The van der Waals surface area contributed by atoms with Crippen LogP contribution in [0, 0.1) is 0 Å². The van der Waals surface area contributed by atoms with Gasteiger partial charge in [-0.05, 0) is 48.2 Å². The van der Waals surface area contributed by atoms with Gasteiger partial charge in [0.25, 0.3) is 0 Å². The number of aromatic amines is 1. The van der Waals surface area contributed by atoms with Gasteiger partial charge in [0, 0.05) is 56.1 Å². The Hall–Kier alpha value is -4.47. The first-order valence-corrected chi connectivity index (χ1v) is 15.3. The summed E-state index contributed by atoms with van der Waals surface area (Å²) in [6.45, 7) is 6.46. The van der Waals surface area contributed by atoms with Crippen molar-refractivity contribution in [2.75, 3.05) is 61.5 Å². The number of aromatic nitrogens is 4. The highest BCUT2D eigenvalue weighted by Gasteiger charge is 2.24. The normalized spacial score (nSPS) is 16.5. The van der Waals surface area contributed by atoms with Crippen molar-refractivity contribution in [3.05, 3.63) is 102 Å². The number of nitrogens with zero attached hydrogens (tertiary/aromatic N) is 5. The van der Waals surface area contributed by atoms with Crippen LogP contribution in [-0.2, 0) is 4.74 Å². The van der Waals surface area contributed by atoms with E-state index < -0.39 is 0 Å². The van der Waals surface area contributed by atoms with Crippen LogP contribution >= 0.6 is 0 Å². The first kappa shape index (κ1) is 27.4. The minimum absolute atomic E-state index is 0.324. The molecule has 9 heteroatoms. The topological polar surface area (TPSA) is 94.2 Å². The van der Waals surface area contributed by atoms with E-state index in [1.807, 2.05) is 0 Å². The van der Waals surface area contributed by atoms with Crippen LogP contribution in [0.15, 0.2) is 91.3 Å². The van der Waals surface area contributed by atoms with Gasteiger partial charge in [0.1, 0.15) is 5.52 Å².